The van der Waals surface area contributed by atoms with Crippen LogP contribution in [0.1, 0.15) is 18.5 Å². The molecule has 0 saturated carbocycles. The van der Waals surface area contributed by atoms with Crippen molar-refractivity contribution < 1.29 is 9.13 Å². The molecule has 4 rings (SSSR count). The van der Waals surface area contributed by atoms with Crippen LogP contribution in [-0.4, -0.2) is 19.5 Å². The van der Waals surface area contributed by atoms with E-state index in [-0.39, 0.29) is 11.9 Å². The number of aromatic nitrogens is 4. The lowest BCUT2D eigenvalue weighted by Crippen LogP contribution is -2.09. The second-order valence-electron chi connectivity index (χ2n) is 6.20. The lowest BCUT2D eigenvalue weighted by Gasteiger charge is -2.15. The molecule has 0 radical (unpaired) electrons. The zero-order valence-corrected chi connectivity index (χ0v) is 15.2. The smallest absolute Gasteiger partial charge is 0.226 e. The number of hydrogen-bond donors (Lipinski definition) is 1. The van der Waals surface area contributed by atoms with Crippen LogP contribution in [0.3, 0.4) is 0 Å². The van der Waals surface area contributed by atoms with Gasteiger partial charge in [0.1, 0.15) is 11.6 Å². The Kier molecular flexibility index (Phi) is 4.97. The summed E-state index contributed by atoms with van der Waals surface area (Å²) in [6, 6.07) is 15.6. The second-order valence-corrected chi connectivity index (χ2v) is 6.20. The summed E-state index contributed by atoms with van der Waals surface area (Å²) in [6.07, 6.45) is 7.02. The standard InChI is InChI=1S/C21H18FN5O/c1-15(16-2-6-18(7-3-16)27-13-12-23-14-27)25-21-24-11-10-20(26-21)28-19-8-4-17(22)5-9-19/h2-15H,1H3,(H,24,25,26). The summed E-state index contributed by atoms with van der Waals surface area (Å²) in [4.78, 5) is 12.7. The third-order valence-corrected chi connectivity index (χ3v) is 4.21. The third kappa shape index (κ3) is 4.15. The van der Waals surface area contributed by atoms with Gasteiger partial charge in [-0.25, -0.2) is 14.4 Å². The van der Waals surface area contributed by atoms with E-state index >= 15 is 0 Å². The minimum atomic E-state index is -0.315. The molecule has 28 heavy (non-hydrogen) atoms. The fraction of sp³-hybridized carbons (Fsp3) is 0.0952. The van der Waals surface area contributed by atoms with E-state index in [1.54, 1.807) is 36.9 Å². The van der Waals surface area contributed by atoms with Crippen LogP contribution in [0.25, 0.3) is 5.69 Å². The Labute approximate surface area is 161 Å². The number of halogens is 1. The lowest BCUT2D eigenvalue weighted by atomic mass is 10.1. The molecule has 0 spiro atoms. The topological polar surface area (TPSA) is 64.9 Å². The van der Waals surface area contributed by atoms with Crippen molar-refractivity contribution in [3.8, 4) is 17.3 Å². The largest absolute Gasteiger partial charge is 0.439 e. The first-order chi connectivity index (χ1) is 13.7. The van der Waals surface area contributed by atoms with Crippen LogP contribution >= 0.6 is 0 Å². The Hall–Kier alpha value is -3.74. The first-order valence-corrected chi connectivity index (χ1v) is 8.79. The van der Waals surface area contributed by atoms with Gasteiger partial charge in [-0.05, 0) is 48.9 Å². The van der Waals surface area contributed by atoms with E-state index in [2.05, 4.69) is 20.3 Å². The van der Waals surface area contributed by atoms with Crippen LogP contribution in [0, 0.1) is 5.82 Å². The molecule has 0 fully saturated rings. The number of imidazole rings is 1. The average Bonchev–Trinajstić information content (AvgIpc) is 3.25. The van der Waals surface area contributed by atoms with Crippen LogP contribution in [0.15, 0.2) is 79.5 Å². The van der Waals surface area contributed by atoms with Gasteiger partial charge in [-0.1, -0.05) is 12.1 Å². The summed E-state index contributed by atoms with van der Waals surface area (Å²) in [5.74, 6) is 1.03. The Balaban J connectivity index is 1.44. The maximum absolute atomic E-state index is 13.0. The molecule has 0 aliphatic rings. The van der Waals surface area contributed by atoms with Gasteiger partial charge in [0.15, 0.2) is 0 Å². The molecule has 4 aromatic rings. The summed E-state index contributed by atoms with van der Waals surface area (Å²) in [5.41, 5.74) is 2.14. The predicted molar refractivity (Wildman–Crippen MR) is 104 cm³/mol. The summed E-state index contributed by atoms with van der Waals surface area (Å²) < 4.78 is 20.6. The number of benzene rings is 2. The zero-order chi connectivity index (χ0) is 19.3. The van der Waals surface area contributed by atoms with E-state index in [0.29, 0.717) is 17.6 Å². The Morgan fingerprint density at radius 3 is 2.50 bits per heavy atom. The molecule has 0 saturated heterocycles. The first kappa shape index (κ1) is 17.7. The predicted octanol–water partition coefficient (Wildman–Crippen LogP) is 4.77. The molecule has 2 heterocycles. The molecule has 0 amide bonds. The quantitative estimate of drug-likeness (QED) is 0.526. The number of ether oxygens (including phenoxy) is 1. The zero-order valence-electron chi connectivity index (χ0n) is 15.2. The molecule has 1 unspecified atom stereocenters. The van der Waals surface area contributed by atoms with Crippen molar-refractivity contribution in [2.24, 2.45) is 0 Å². The Morgan fingerprint density at radius 1 is 1.00 bits per heavy atom. The van der Waals surface area contributed by atoms with Crippen LogP contribution in [0.5, 0.6) is 11.6 Å². The minimum absolute atomic E-state index is 0.00194. The van der Waals surface area contributed by atoms with Gasteiger partial charge in [0.05, 0.1) is 12.4 Å². The van der Waals surface area contributed by atoms with Crippen molar-refractivity contribution in [3.05, 3.63) is 90.9 Å². The van der Waals surface area contributed by atoms with Gasteiger partial charge in [-0.15, -0.1) is 0 Å². The van der Waals surface area contributed by atoms with Crippen molar-refractivity contribution in [1.29, 1.82) is 0 Å². The molecule has 2 aromatic heterocycles. The highest BCUT2D eigenvalue weighted by Crippen LogP contribution is 2.22. The summed E-state index contributed by atoms with van der Waals surface area (Å²) >= 11 is 0. The third-order valence-electron chi connectivity index (χ3n) is 4.21. The molecular formula is C21H18FN5O. The number of anilines is 1. The maximum Gasteiger partial charge on any atom is 0.226 e. The van der Waals surface area contributed by atoms with Crippen LogP contribution in [-0.2, 0) is 0 Å². The summed E-state index contributed by atoms with van der Waals surface area (Å²) in [6.45, 7) is 2.03. The molecule has 6 nitrogen and oxygen atoms in total. The maximum atomic E-state index is 13.0. The highest BCUT2D eigenvalue weighted by atomic mass is 19.1. The van der Waals surface area contributed by atoms with Gasteiger partial charge in [-0.3, -0.25) is 0 Å². The van der Waals surface area contributed by atoms with E-state index in [9.17, 15) is 4.39 Å². The SMILES string of the molecule is CC(Nc1nccc(Oc2ccc(F)cc2)n1)c1ccc(-n2ccnc2)cc1. The first-order valence-electron chi connectivity index (χ1n) is 8.79. The molecule has 2 aromatic carbocycles. The normalized spacial score (nSPS) is 11.8. The molecule has 7 heteroatoms. The van der Waals surface area contributed by atoms with E-state index in [4.69, 9.17) is 4.74 Å². The number of nitrogens with one attached hydrogen (secondary N) is 1. The number of hydrogen-bond acceptors (Lipinski definition) is 5. The van der Waals surface area contributed by atoms with Crippen molar-refractivity contribution in [2.75, 3.05) is 5.32 Å². The summed E-state index contributed by atoms with van der Waals surface area (Å²) in [5, 5.41) is 3.27. The average molecular weight is 375 g/mol. The highest BCUT2D eigenvalue weighted by Gasteiger charge is 2.09. The van der Waals surface area contributed by atoms with Crippen molar-refractivity contribution in [3.63, 3.8) is 0 Å². The van der Waals surface area contributed by atoms with E-state index < -0.39 is 0 Å². The monoisotopic (exact) mass is 375 g/mol. The van der Waals surface area contributed by atoms with E-state index in [0.717, 1.165) is 11.3 Å². The van der Waals surface area contributed by atoms with Crippen molar-refractivity contribution >= 4 is 5.95 Å². The van der Waals surface area contributed by atoms with Crippen LogP contribution in [0.2, 0.25) is 0 Å². The Bertz CT molecular complexity index is 1030. The van der Waals surface area contributed by atoms with Crippen LogP contribution in [0.4, 0.5) is 10.3 Å². The fourth-order valence-corrected chi connectivity index (χ4v) is 2.72. The molecule has 0 bridgehead atoms. The Morgan fingerprint density at radius 2 is 1.79 bits per heavy atom. The minimum Gasteiger partial charge on any atom is -0.439 e. The molecule has 140 valence electrons. The van der Waals surface area contributed by atoms with E-state index in [1.807, 2.05) is 42.0 Å². The number of nitrogens with zero attached hydrogens (tertiary/aromatic N) is 4. The van der Waals surface area contributed by atoms with Gasteiger partial charge in [0.25, 0.3) is 0 Å². The van der Waals surface area contributed by atoms with Crippen molar-refractivity contribution in [2.45, 2.75) is 13.0 Å². The summed E-state index contributed by atoms with van der Waals surface area (Å²) in [7, 11) is 0. The molecule has 1 atom stereocenters. The van der Waals surface area contributed by atoms with Crippen molar-refractivity contribution in [1.82, 2.24) is 19.5 Å². The van der Waals surface area contributed by atoms with E-state index in [1.165, 1.54) is 12.1 Å². The molecule has 0 aliphatic heterocycles. The number of rotatable bonds is 6. The molecule has 1 N–H and O–H groups in total. The fourth-order valence-electron chi connectivity index (χ4n) is 2.72. The lowest BCUT2D eigenvalue weighted by molar-refractivity contribution is 0.460. The van der Waals surface area contributed by atoms with Gasteiger partial charge in [0.2, 0.25) is 11.8 Å². The van der Waals surface area contributed by atoms with Crippen LogP contribution < -0.4 is 10.1 Å². The van der Waals surface area contributed by atoms with Gasteiger partial charge < -0.3 is 14.6 Å². The molecule has 0 aliphatic carbocycles. The second kappa shape index (κ2) is 7.87. The van der Waals surface area contributed by atoms with Gasteiger partial charge in [-0.2, -0.15) is 4.98 Å². The molecular weight excluding hydrogens is 357 g/mol. The van der Waals surface area contributed by atoms with Gasteiger partial charge in [0, 0.05) is 30.3 Å². The highest BCUT2D eigenvalue weighted by molar-refractivity contribution is 5.39. The van der Waals surface area contributed by atoms with Gasteiger partial charge >= 0.3 is 0 Å².